The van der Waals surface area contributed by atoms with Crippen molar-refractivity contribution in [3.8, 4) is 0 Å². The first kappa shape index (κ1) is 11.9. The van der Waals surface area contributed by atoms with Crippen molar-refractivity contribution in [1.29, 1.82) is 0 Å². The van der Waals surface area contributed by atoms with E-state index in [0.717, 1.165) is 12.0 Å². The summed E-state index contributed by atoms with van der Waals surface area (Å²) in [6, 6.07) is 0.797. The summed E-state index contributed by atoms with van der Waals surface area (Å²) in [7, 11) is 4.50. The van der Waals surface area contributed by atoms with Gasteiger partial charge in [0.1, 0.15) is 0 Å². The molecule has 3 rings (SSSR count). The molecule has 0 amide bonds. The van der Waals surface area contributed by atoms with E-state index in [0.29, 0.717) is 5.54 Å². The minimum Gasteiger partial charge on any atom is -0.312 e. The van der Waals surface area contributed by atoms with Gasteiger partial charge in [0.15, 0.2) is 0 Å². The molecule has 3 atom stereocenters. The molecule has 2 heterocycles. The van der Waals surface area contributed by atoms with Gasteiger partial charge in [-0.25, -0.2) is 0 Å². The lowest BCUT2D eigenvalue weighted by Crippen LogP contribution is -2.59. The molecule has 2 aliphatic heterocycles. The van der Waals surface area contributed by atoms with Gasteiger partial charge in [0.25, 0.3) is 0 Å². The van der Waals surface area contributed by atoms with Crippen molar-refractivity contribution >= 4 is 0 Å². The molecule has 3 aliphatic rings. The molecular weight excluding hydrogens is 210 g/mol. The molecule has 0 radical (unpaired) electrons. The van der Waals surface area contributed by atoms with Gasteiger partial charge in [-0.15, -0.1) is 0 Å². The molecule has 3 heteroatoms. The van der Waals surface area contributed by atoms with Crippen LogP contribution in [-0.2, 0) is 0 Å². The van der Waals surface area contributed by atoms with Crippen molar-refractivity contribution in [1.82, 2.24) is 15.1 Å². The number of likely N-dealkylation sites (N-methyl/N-ethyl adjacent to an activating group) is 1. The highest BCUT2D eigenvalue weighted by Gasteiger charge is 2.41. The zero-order valence-corrected chi connectivity index (χ0v) is 11.4. The molecule has 3 nitrogen and oxygen atoms in total. The SMILES string of the molecule is CN(C)C1(CNC2CCN3CCC2C3)CCC1. The molecule has 0 aromatic carbocycles. The predicted molar refractivity (Wildman–Crippen MR) is 71.2 cm³/mol. The average molecular weight is 237 g/mol. The van der Waals surface area contributed by atoms with Crippen molar-refractivity contribution in [3.05, 3.63) is 0 Å². The third kappa shape index (κ3) is 2.13. The summed E-state index contributed by atoms with van der Waals surface area (Å²) in [5, 5.41) is 3.91. The second kappa shape index (κ2) is 4.52. The van der Waals surface area contributed by atoms with E-state index >= 15 is 0 Å². The molecule has 2 saturated heterocycles. The van der Waals surface area contributed by atoms with E-state index in [2.05, 4.69) is 29.2 Å². The van der Waals surface area contributed by atoms with Crippen LogP contribution in [0.2, 0.25) is 0 Å². The van der Waals surface area contributed by atoms with Gasteiger partial charge in [0.2, 0.25) is 0 Å². The standard InChI is InChI=1S/C14H27N3/c1-16(2)14(6-3-7-14)11-15-13-5-9-17-8-4-12(13)10-17/h12-13,15H,3-11H2,1-2H3. The first-order valence-electron chi connectivity index (χ1n) is 7.33. The minimum absolute atomic E-state index is 0.482. The normalized spacial score (nSPS) is 39.4. The number of rotatable bonds is 4. The number of hydrogen-bond donors (Lipinski definition) is 1. The van der Waals surface area contributed by atoms with Crippen LogP contribution in [0.15, 0.2) is 0 Å². The van der Waals surface area contributed by atoms with Crippen LogP contribution in [-0.4, -0.2) is 61.7 Å². The Morgan fingerprint density at radius 2 is 2.00 bits per heavy atom. The third-order valence-electron chi connectivity index (χ3n) is 5.56. The Hall–Kier alpha value is -0.120. The Labute approximate surface area is 106 Å². The Bertz CT molecular complexity index is 273. The highest BCUT2D eigenvalue weighted by Crippen LogP contribution is 2.36. The van der Waals surface area contributed by atoms with E-state index in [1.165, 1.54) is 58.3 Å². The van der Waals surface area contributed by atoms with Gasteiger partial charge >= 0.3 is 0 Å². The molecule has 98 valence electrons. The van der Waals surface area contributed by atoms with Crippen molar-refractivity contribution in [2.75, 3.05) is 40.3 Å². The predicted octanol–water partition coefficient (Wildman–Crippen LogP) is 1.15. The Balaban J connectivity index is 1.53. The first-order valence-corrected chi connectivity index (χ1v) is 7.33. The number of nitrogens with one attached hydrogen (secondary N) is 1. The average Bonchev–Trinajstić information content (AvgIpc) is 2.62. The molecule has 0 aromatic heterocycles. The number of hydrogen-bond acceptors (Lipinski definition) is 3. The van der Waals surface area contributed by atoms with Crippen LogP contribution in [0, 0.1) is 5.92 Å². The van der Waals surface area contributed by atoms with Gasteiger partial charge in [-0.3, -0.25) is 0 Å². The van der Waals surface area contributed by atoms with Crippen LogP contribution >= 0.6 is 0 Å². The zero-order valence-electron chi connectivity index (χ0n) is 11.4. The molecule has 3 fully saturated rings. The summed E-state index contributed by atoms with van der Waals surface area (Å²) >= 11 is 0. The first-order chi connectivity index (χ1) is 8.20. The fraction of sp³-hybridized carbons (Fsp3) is 1.00. The molecule has 3 unspecified atom stereocenters. The Kier molecular flexibility index (Phi) is 3.18. The van der Waals surface area contributed by atoms with Crippen molar-refractivity contribution in [2.45, 2.75) is 43.7 Å². The van der Waals surface area contributed by atoms with E-state index in [9.17, 15) is 0 Å². The molecule has 1 saturated carbocycles. The van der Waals surface area contributed by atoms with Gasteiger partial charge in [0, 0.05) is 24.7 Å². The van der Waals surface area contributed by atoms with Crippen molar-refractivity contribution in [2.24, 2.45) is 5.92 Å². The highest BCUT2D eigenvalue weighted by atomic mass is 15.2. The monoisotopic (exact) mass is 237 g/mol. The minimum atomic E-state index is 0.482. The largest absolute Gasteiger partial charge is 0.312 e. The van der Waals surface area contributed by atoms with Gasteiger partial charge in [-0.05, 0) is 65.2 Å². The molecule has 0 aromatic rings. The second-order valence-electron chi connectivity index (χ2n) is 6.60. The molecule has 17 heavy (non-hydrogen) atoms. The smallest absolute Gasteiger partial charge is 0.0328 e. The maximum atomic E-state index is 3.91. The molecule has 2 bridgehead atoms. The maximum Gasteiger partial charge on any atom is 0.0328 e. The number of nitrogens with zero attached hydrogens (tertiary/aromatic N) is 2. The Morgan fingerprint density at radius 3 is 2.65 bits per heavy atom. The molecule has 0 spiro atoms. The van der Waals surface area contributed by atoms with E-state index in [4.69, 9.17) is 0 Å². The van der Waals surface area contributed by atoms with Crippen LogP contribution in [0.25, 0.3) is 0 Å². The van der Waals surface area contributed by atoms with Crippen LogP contribution < -0.4 is 5.32 Å². The van der Waals surface area contributed by atoms with Crippen LogP contribution in [0.5, 0.6) is 0 Å². The summed E-state index contributed by atoms with van der Waals surface area (Å²) in [6.07, 6.45) is 6.98. The van der Waals surface area contributed by atoms with Crippen LogP contribution in [0.3, 0.4) is 0 Å². The molecule has 1 aliphatic carbocycles. The lowest BCUT2D eigenvalue weighted by molar-refractivity contribution is 0.0522. The molecule has 1 N–H and O–H groups in total. The Morgan fingerprint density at radius 1 is 1.24 bits per heavy atom. The van der Waals surface area contributed by atoms with Crippen molar-refractivity contribution in [3.63, 3.8) is 0 Å². The summed E-state index contributed by atoms with van der Waals surface area (Å²) in [4.78, 5) is 5.08. The fourth-order valence-electron chi connectivity index (χ4n) is 3.91. The van der Waals surface area contributed by atoms with Gasteiger partial charge in [0.05, 0.1) is 0 Å². The van der Waals surface area contributed by atoms with Gasteiger partial charge < -0.3 is 15.1 Å². The quantitative estimate of drug-likeness (QED) is 0.791. The van der Waals surface area contributed by atoms with Crippen LogP contribution in [0.4, 0.5) is 0 Å². The van der Waals surface area contributed by atoms with E-state index in [-0.39, 0.29) is 0 Å². The summed E-state index contributed by atoms with van der Waals surface area (Å²) < 4.78 is 0. The van der Waals surface area contributed by atoms with Crippen molar-refractivity contribution < 1.29 is 0 Å². The maximum absolute atomic E-state index is 3.91. The summed E-state index contributed by atoms with van der Waals surface area (Å²) in [5.74, 6) is 0.933. The number of fused-ring (bicyclic) bond motifs is 2. The van der Waals surface area contributed by atoms with Crippen LogP contribution in [0.1, 0.15) is 32.1 Å². The lowest BCUT2D eigenvalue weighted by Gasteiger charge is -2.48. The second-order valence-corrected chi connectivity index (χ2v) is 6.60. The molecular formula is C14H27N3. The third-order valence-corrected chi connectivity index (χ3v) is 5.56. The summed E-state index contributed by atoms with van der Waals surface area (Å²) in [6.45, 7) is 5.23. The topological polar surface area (TPSA) is 18.5 Å². The lowest BCUT2D eigenvalue weighted by atomic mass is 9.75. The number of piperidine rings is 1. The summed E-state index contributed by atoms with van der Waals surface area (Å²) in [5.41, 5.74) is 0.482. The van der Waals surface area contributed by atoms with Gasteiger partial charge in [-0.1, -0.05) is 0 Å². The van der Waals surface area contributed by atoms with Gasteiger partial charge in [-0.2, -0.15) is 0 Å². The van der Waals surface area contributed by atoms with E-state index in [1.54, 1.807) is 0 Å². The van der Waals surface area contributed by atoms with E-state index < -0.39 is 0 Å². The highest BCUT2D eigenvalue weighted by molar-refractivity contribution is 5.00. The zero-order chi connectivity index (χ0) is 11.9. The van der Waals surface area contributed by atoms with E-state index in [1.807, 2.05) is 0 Å². The fourth-order valence-corrected chi connectivity index (χ4v) is 3.91.